The first-order chi connectivity index (χ1) is 10.3. The minimum atomic E-state index is -1.23. The van der Waals surface area contributed by atoms with Crippen LogP contribution >= 0.6 is 11.6 Å². The highest BCUT2D eigenvalue weighted by atomic mass is 35.5. The molecule has 0 bridgehead atoms. The van der Waals surface area contributed by atoms with E-state index in [0.29, 0.717) is 21.9 Å². The largest absolute Gasteiger partial charge is 0.495 e. The molecule has 1 aliphatic carbocycles. The number of hydrogen-bond acceptors (Lipinski definition) is 3. The zero-order chi connectivity index (χ0) is 16.5. The van der Waals surface area contributed by atoms with E-state index in [1.54, 1.807) is 18.2 Å². The molecule has 1 atom stereocenters. The number of benzene rings is 1. The molecule has 5 nitrogen and oxygen atoms in total. The molecule has 0 saturated carbocycles. The van der Waals surface area contributed by atoms with E-state index in [4.69, 9.17) is 16.3 Å². The van der Waals surface area contributed by atoms with Crippen LogP contribution in [0.15, 0.2) is 35.9 Å². The van der Waals surface area contributed by atoms with Crippen molar-refractivity contribution >= 4 is 29.1 Å². The van der Waals surface area contributed by atoms with Crippen LogP contribution in [-0.4, -0.2) is 29.3 Å². The maximum Gasteiger partial charge on any atom is 0.332 e. The van der Waals surface area contributed by atoms with Crippen molar-refractivity contribution in [2.45, 2.75) is 13.3 Å². The highest BCUT2D eigenvalue weighted by Gasteiger charge is 2.37. The van der Waals surface area contributed by atoms with Crippen molar-refractivity contribution in [1.29, 1.82) is 0 Å². The lowest BCUT2D eigenvalue weighted by molar-refractivity contribution is -0.145. The number of aliphatic carboxylic acids is 2. The fraction of sp³-hybridized carbons (Fsp3) is 0.250. The average molecular weight is 323 g/mol. The molecule has 0 radical (unpaired) electrons. The van der Waals surface area contributed by atoms with Crippen molar-refractivity contribution in [2.24, 2.45) is 5.41 Å². The van der Waals surface area contributed by atoms with Crippen molar-refractivity contribution in [2.75, 3.05) is 7.11 Å². The monoisotopic (exact) mass is 322 g/mol. The van der Waals surface area contributed by atoms with E-state index < -0.39 is 17.4 Å². The Kier molecular flexibility index (Phi) is 4.28. The predicted molar refractivity (Wildman–Crippen MR) is 82.1 cm³/mol. The van der Waals surface area contributed by atoms with Crippen LogP contribution in [0.1, 0.15) is 18.9 Å². The molecule has 1 aliphatic rings. The van der Waals surface area contributed by atoms with Gasteiger partial charge >= 0.3 is 11.9 Å². The quantitative estimate of drug-likeness (QED) is 0.889. The maximum atomic E-state index is 11.5. The molecule has 0 amide bonds. The third kappa shape index (κ3) is 2.85. The Morgan fingerprint density at radius 2 is 2.00 bits per heavy atom. The smallest absolute Gasteiger partial charge is 0.332 e. The first kappa shape index (κ1) is 16.1. The molecule has 6 heteroatoms. The fourth-order valence-electron chi connectivity index (χ4n) is 2.33. The van der Waals surface area contributed by atoms with Crippen LogP contribution in [0.2, 0.25) is 5.02 Å². The molecule has 1 aromatic carbocycles. The molecule has 1 aromatic rings. The third-order valence-corrected chi connectivity index (χ3v) is 3.99. The summed E-state index contributed by atoms with van der Waals surface area (Å²) in [6.07, 6.45) is 2.95. The second-order valence-corrected chi connectivity index (χ2v) is 5.69. The molecule has 2 N–H and O–H groups in total. The van der Waals surface area contributed by atoms with Gasteiger partial charge in [-0.2, -0.15) is 0 Å². The van der Waals surface area contributed by atoms with E-state index in [1.165, 1.54) is 26.2 Å². The molecule has 2 rings (SSSR count). The van der Waals surface area contributed by atoms with E-state index in [9.17, 15) is 19.8 Å². The fourth-order valence-corrected chi connectivity index (χ4v) is 2.59. The summed E-state index contributed by atoms with van der Waals surface area (Å²) in [6, 6.07) is 4.94. The van der Waals surface area contributed by atoms with Gasteiger partial charge in [0, 0.05) is 5.57 Å². The number of carboxylic acid groups (broad SMARTS) is 2. The van der Waals surface area contributed by atoms with Gasteiger partial charge in [-0.3, -0.25) is 4.79 Å². The number of halogens is 1. The number of allylic oxidation sites excluding steroid dienone is 2. The Morgan fingerprint density at radius 1 is 1.32 bits per heavy atom. The highest BCUT2D eigenvalue weighted by Crippen LogP contribution is 2.39. The van der Waals surface area contributed by atoms with Gasteiger partial charge in [-0.25, -0.2) is 4.79 Å². The molecule has 22 heavy (non-hydrogen) atoms. The second-order valence-electron chi connectivity index (χ2n) is 5.28. The summed E-state index contributed by atoms with van der Waals surface area (Å²) in [5.41, 5.74) is -0.121. The number of carbonyl (C=O) groups is 2. The summed E-state index contributed by atoms with van der Waals surface area (Å²) in [4.78, 5) is 22.8. The van der Waals surface area contributed by atoms with Crippen LogP contribution in [0.4, 0.5) is 0 Å². The second kappa shape index (κ2) is 5.85. The van der Waals surface area contributed by atoms with Gasteiger partial charge in [0.25, 0.3) is 0 Å². The number of carboxylic acids is 2. The number of ether oxygens (including phenoxy) is 1. The minimum Gasteiger partial charge on any atom is -0.495 e. The van der Waals surface area contributed by atoms with Gasteiger partial charge in [-0.15, -0.1) is 0 Å². The van der Waals surface area contributed by atoms with Crippen molar-refractivity contribution in [1.82, 2.24) is 0 Å². The Morgan fingerprint density at radius 3 is 2.50 bits per heavy atom. The molecule has 0 heterocycles. The molecule has 0 spiro atoms. The zero-order valence-electron chi connectivity index (χ0n) is 12.1. The topological polar surface area (TPSA) is 83.8 Å². The summed E-state index contributed by atoms with van der Waals surface area (Å²) in [7, 11) is 1.49. The summed E-state index contributed by atoms with van der Waals surface area (Å²) in [6.45, 7) is 1.49. The summed E-state index contributed by atoms with van der Waals surface area (Å²) < 4.78 is 5.07. The lowest BCUT2D eigenvalue weighted by Crippen LogP contribution is -2.29. The van der Waals surface area contributed by atoms with Crippen LogP contribution in [0, 0.1) is 5.41 Å². The molecule has 0 fully saturated rings. The highest BCUT2D eigenvalue weighted by molar-refractivity contribution is 6.32. The van der Waals surface area contributed by atoms with Gasteiger partial charge < -0.3 is 14.9 Å². The van der Waals surface area contributed by atoms with Gasteiger partial charge in [-0.1, -0.05) is 29.8 Å². The molecular weight excluding hydrogens is 308 g/mol. The minimum absolute atomic E-state index is 0.0497. The van der Waals surface area contributed by atoms with Crippen molar-refractivity contribution in [3.8, 4) is 5.75 Å². The number of hydrogen-bond donors (Lipinski definition) is 2. The van der Waals surface area contributed by atoms with Gasteiger partial charge in [0.2, 0.25) is 0 Å². The normalized spacial score (nSPS) is 20.9. The van der Waals surface area contributed by atoms with Crippen LogP contribution in [0.25, 0.3) is 5.57 Å². The van der Waals surface area contributed by atoms with Crippen molar-refractivity contribution in [3.63, 3.8) is 0 Å². The maximum absolute atomic E-state index is 11.5. The number of methoxy groups -OCH3 is 1. The molecule has 1 unspecified atom stereocenters. The molecule has 0 aromatic heterocycles. The first-order valence-corrected chi connectivity index (χ1v) is 6.89. The van der Waals surface area contributed by atoms with Crippen LogP contribution in [0.5, 0.6) is 5.75 Å². The van der Waals surface area contributed by atoms with Gasteiger partial charge in [-0.05, 0) is 36.6 Å². The van der Waals surface area contributed by atoms with Crippen LogP contribution in [0.3, 0.4) is 0 Å². The molecular formula is C16H15ClO5. The van der Waals surface area contributed by atoms with Crippen LogP contribution < -0.4 is 4.74 Å². The van der Waals surface area contributed by atoms with E-state index in [0.717, 1.165) is 0 Å². The summed E-state index contributed by atoms with van der Waals surface area (Å²) in [5, 5.41) is 19.0. The zero-order valence-corrected chi connectivity index (χ0v) is 12.8. The summed E-state index contributed by atoms with van der Waals surface area (Å²) in [5.74, 6) is -1.72. The predicted octanol–water partition coefficient (Wildman–Crippen LogP) is 3.24. The van der Waals surface area contributed by atoms with E-state index in [2.05, 4.69) is 0 Å². The van der Waals surface area contributed by atoms with Crippen molar-refractivity contribution in [3.05, 3.63) is 46.5 Å². The van der Waals surface area contributed by atoms with E-state index >= 15 is 0 Å². The Labute approximate surface area is 132 Å². The van der Waals surface area contributed by atoms with Crippen molar-refractivity contribution < 1.29 is 24.5 Å². The van der Waals surface area contributed by atoms with Gasteiger partial charge in [0.15, 0.2) is 0 Å². The third-order valence-electron chi connectivity index (χ3n) is 3.70. The molecule has 116 valence electrons. The van der Waals surface area contributed by atoms with Gasteiger partial charge in [0.05, 0.1) is 17.5 Å². The lowest BCUT2D eigenvalue weighted by Gasteiger charge is -2.26. The lowest BCUT2D eigenvalue weighted by atomic mass is 9.76. The average Bonchev–Trinajstić information content (AvgIpc) is 2.46. The Balaban J connectivity index is 2.53. The number of rotatable bonds is 4. The SMILES string of the molecule is COc1ccc(C2=C(C(=O)O)CC(C)(C(=O)O)C=C2)cc1Cl. The molecule has 0 saturated heterocycles. The summed E-state index contributed by atoms with van der Waals surface area (Å²) >= 11 is 6.07. The Hall–Kier alpha value is -2.27. The molecule has 0 aliphatic heterocycles. The van der Waals surface area contributed by atoms with Crippen LogP contribution in [-0.2, 0) is 9.59 Å². The van der Waals surface area contributed by atoms with E-state index in [-0.39, 0.29) is 12.0 Å². The van der Waals surface area contributed by atoms with E-state index in [1.807, 2.05) is 0 Å². The Bertz CT molecular complexity index is 704. The standard InChI is InChI=1S/C16H15ClO5/c1-16(15(20)21)6-5-10(11(8-16)14(18)19)9-3-4-13(22-2)12(17)7-9/h3-7H,8H2,1-2H3,(H,18,19)(H,20,21). The van der Waals surface area contributed by atoms with Gasteiger partial charge in [0.1, 0.15) is 5.75 Å². The first-order valence-electron chi connectivity index (χ1n) is 6.51.